The van der Waals surface area contributed by atoms with Gasteiger partial charge in [0, 0.05) is 11.0 Å². The number of hydrogen-bond donors (Lipinski definition) is 2. The highest BCUT2D eigenvalue weighted by Crippen LogP contribution is 2.05. The Balaban J connectivity index is 3.29. The van der Waals surface area contributed by atoms with Crippen molar-refractivity contribution in [3.8, 4) is 0 Å². The minimum absolute atomic E-state index is 0.0242. The van der Waals surface area contributed by atoms with Crippen LogP contribution in [-0.4, -0.2) is 9.97 Å². The molecule has 0 bridgehead atoms. The van der Waals surface area contributed by atoms with Crippen LogP contribution in [0.2, 0.25) is 0 Å². The van der Waals surface area contributed by atoms with Gasteiger partial charge in [-0.05, 0) is 10.6 Å². The van der Waals surface area contributed by atoms with Crippen LogP contribution in [0.25, 0.3) is 10.4 Å². The Labute approximate surface area is 60.5 Å². The van der Waals surface area contributed by atoms with Gasteiger partial charge in [0.15, 0.2) is 0 Å². The van der Waals surface area contributed by atoms with E-state index in [2.05, 4.69) is 20.0 Å². The number of aromatic amines is 1. The Morgan fingerprint density at radius 2 is 2.55 bits per heavy atom. The lowest BCUT2D eigenvalue weighted by molar-refractivity contribution is 1.07. The van der Waals surface area contributed by atoms with Gasteiger partial charge in [0.1, 0.15) is 11.6 Å². The normalized spacial score (nSPS) is 8.73. The third-order valence-corrected chi connectivity index (χ3v) is 0.903. The molecular formula is C4H4N6O. The molecule has 56 valence electrons. The molecule has 0 spiro atoms. The van der Waals surface area contributed by atoms with Gasteiger partial charge in [0.2, 0.25) is 0 Å². The molecule has 0 aliphatic rings. The molecule has 0 saturated heterocycles. The second-order valence-corrected chi connectivity index (χ2v) is 1.69. The molecule has 0 aliphatic heterocycles. The molecule has 0 aromatic carbocycles. The van der Waals surface area contributed by atoms with Crippen molar-refractivity contribution in [2.45, 2.75) is 0 Å². The van der Waals surface area contributed by atoms with Crippen molar-refractivity contribution in [2.75, 3.05) is 5.73 Å². The van der Waals surface area contributed by atoms with E-state index < -0.39 is 5.69 Å². The molecule has 1 aromatic rings. The summed E-state index contributed by atoms with van der Waals surface area (Å²) in [5.74, 6) is 0.0844. The zero-order valence-corrected chi connectivity index (χ0v) is 5.35. The molecule has 1 heterocycles. The van der Waals surface area contributed by atoms with E-state index in [1.165, 1.54) is 6.07 Å². The molecule has 0 saturated carbocycles. The van der Waals surface area contributed by atoms with E-state index in [1.54, 1.807) is 0 Å². The van der Waals surface area contributed by atoms with Crippen LogP contribution in [0.5, 0.6) is 0 Å². The zero-order chi connectivity index (χ0) is 8.27. The second-order valence-electron chi connectivity index (χ2n) is 1.69. The minimum Gasteiger partial charge on any atom is -0.383 e. The van der Waals surface area contributed by atoms with Crippen molar-refractivity contribution in [3.05, 3.63) is 27.0 Å². The lowest BCUT2D eigenvalue weighted by Crippen LogP contribution is -2.11. The van der Waals surface area contributed by atoms with Crippen LogP contribution in [0.3, 0.4) is 0 Å². The van der Waals surface area contributed by atoms with Crippen molar-refractivity contribution >= 4 is 11.6 Å². The van der Waals surface area contributed by atoms with Crippen LogP contribution >= 0.6 is 0 Å². The largest absolute Gasteiger partial charge is 0.383 e. The average Bonchev–Trinajstić information content (AvgIpc) is 1.85. The summed E-state index contributed by atoms with van der Waals surface area (Å²) in [5, 5.41) is 3.13. The fourth-order valence-corrected chi connectivity index (χ4v) is 0.565. The smallest absolute Gasteiger partial charge is 0.347 e. The van der Waals surface area contributed by atoms with Crippen molar-refractivity contribution in [3.63, 3.8) is 0 Å². The molecule has 0 aliphatic carbocycles. The molecule has 0 radical (unpaired) electrons. The molecule has 0 atom stereocenters. The van der Waals surface area contributed by atoms with Gasteiger partial charge in [0.05, 0.1) is 0 Å². The predicted octanol–water partition coefficient (Wildman–Crippen LogP) is 0.294. The number of anilines is 1. The van der Waals surface area contributed by atoms with Gasteiger partial charge in [-0.15, -0.1) is 0 Å². The van der Waals surface area contributed by atoms with Gasteiger partial charge < -0.3 is 10.7 Å². The second kappa shape index (κ2) is 2.72. The number of aromatic nitrogens is 2. The van der Waals surface area contributed by atoms with E-state index in [0.29, 0.717) is 0 Å². The number of rotatable bonds is 1. The Hall–Kier alpha value is -2.01. The van der Waals surface area contributed by atoms with Gasteiger partial charge >= 0.3 is 5.69 Å². The summed E-state index contributed by atoms with van der Waals surface area (Å²) in [6.07, 6.45) is 0. The maximum atomic E-state index is 10.6. The van der Waals surface area contributed by atoms with Crippen molar-refractivity contribution in [2.24, 2.45) is 5.11 Å². The van der Waals surface area contributed by atoms with Crippen molar-refractivity contribution in [1.82, 2.24) is 9.97 Å². The van der Waals surface area contributed by atoms with E-state index in [4.69, 9.17) is 11.3 Å². The molecule has 1 rings (SSSR count). The number of hydrogen-bond acceptors (Lipinski definition) is 4. The minimum atomic E-state index is -0.632. The molecule has 1 aromatic heterocycles. The quantitative estimate of drug-likeness (QED) is 0.341. The number of H-pyrrole nitrogens is 1. The number of nitrogen functional groups attached to an aromatic ring is 1. The molecule has 7 nitrogen and oxygen atoms in total. The molecule has 7 heteroatoms. The number of nitrogens with two attached hydrogens (primary N) is 1. The van der Waals surface area contributed by atoms with Crippen LogP contribution in [-0.2, 0) is 0 Å². The van der Waals surface area contributed by atoms with Gasteiger partial charge in [-0.3, -0.25) is 0 Å². The van der Waals surface area contributed by atoms with Gasteiger partial charge in [-0.25, -0.2) is 4.79 Å². The monoisotopic (exact) mass is 152 g/mol. The average molecular weight is 152 g/mol. The SMILES string of the molecule is [N-]=[N+]=Nc1cc(N)nc(=O)[nH]1. The maximum Gasteiger partial charge on any atom is 0.347 e. The van der Waals surface area contributed by atoms with E-state index in [0.717, 1.165) is 0 Å². The van der Waals surface area contributed by atoms with Crippen molar-refractivity contribution < 1.29 is 0 Å². The van der Waals surface area contributed by atoms with E-state index in [-0.39, 0.29) is 11.6 Å². The number of nitrogens with zero attached hydrogens (tertiary/aromatic N) is 4. The van der Waals surface area contributed by atoms with E-state index in [9.17, 15) is 4.79 Å². The first-order valence-electron chi connectivity index (χ1n) is 2.64. The Bertz CT molecular complexity index is 361. The summed E-state index contributed by atoms with van der Waals surface area (Å²) in [5.41, 5.74) is 12.5. The first kappa shape index (κ1) is 7.10. The molecule has 11 heavy (non-hydrogen) atoms. The van der Waals surface area contributed by atoms with Crippen LogP contribution in [0.1, 0.15) is 0 Å². The topological polar surface area (TPSA) is 121 Å². The zero-order valence-electron chi connectivity index (χ0n) is 5.35. The summed E-state index contributed by atoms with van der Waals surface area (Å²) in [4.78, 5) is 18.5. The summed E-state index contributed by atoms with van der Waals surface area (Å²) < 4.78 is 0. The van der Waals surface area contributed by atoms with Crippen LogP contribution in [0, 0.1) is 0 Å². The Kier molecular flexibility index (Phi) is 1.75. The van der Waals surface area contributed by atoms with E-state index in [1.807, 2.05) is 0 Å². The van der Waals surface area contributed by atoms with Gasteiger partial charge in [-0.2, -0.15) is 4.98 Å². The summed E-state index contributed by atoms with van der Waals surface area (Å²) in [6.45, 7) is 0. The Morgan fingerprint density at radius 3 is 3.09 bits per heavy atom. The van der Waals surface area contributed by atoms with Gasteiger partial charge in [-0.1, -0.05) is 0 Å². The Morgan fingerprint density at radius 1 is 1.82 bits per heavy atom. The number of azide groups is 1. The molecule has 3 N–H and O–H groups in total. The summed E-state index contributed by atoms with van der Waals surface area (Å²) >= 11 is 0. The fourth-order valence-electron chi connectivity index (χ4n) is 0.565. The summed E-state index contributed by atoms with van der Waals surface area (Å²) in [7, 11) is 0. The lowest BCUT2D eigenvalue weighted by Gasteiger charge is -1.90. The van der Waals surface area contributed by atoms with Crippen LogP contribution in [0.4, 0.5) is 11.6 Å². The maximum absolute atomic E-state index is 10.6. The molecule has 0 amide bonds. The molecular weight excluding hydrogens is 148 g/mol. The van der Waals surface area contributed by atoms with Crippen molar-refractivity contribution in [1.29, 1.82) is 0 Å². The fraction of sp³-hybridized carbons (Fsp3) is 0. The predicted molar refractivity (Wildman–Crippen MR) is 38.1 cm³/mol. The first-order chi connectivity index (χ1) is 5.22. The third kappa shape index (κ3) is 1.70. The van der Waals surface area contributed by atoms with Crippen LogP contribution < -0.4 is 11.4 Å². The standard InChI is InChI=1S/C4H4N6O/c5-2-1-3(9-10-6)8-4(11)7-2/h1H,(H3,5,7,8,11). The van der Waals surface area contributed by atoms with E-state index >= 15 is 0 Å². The van der Waals surface area contributed by atoms with Gasteiger partial charge in [0.25, 0.3) is 0 Å². The molecule has 0 fully saturated rings. The molecule has 0 unspecified atom stereocenters. The first-order valence-corrected chi connectivity index (χ1v) is 2.64. The highest BCUT2D eigenvalue weighted by molar-refractivity contribution is 5.38. The van der Waals surface area contributed by atoms with Crippen LogP contribution in [0.15, 0.2) is 16.0 Å². The highest BCUT2D eigenvalue weighted by Gasteiger charge is 1.92. The lowest BCUT2D eigenvalue weighted by atomic mass is 10.5. The third-order valence-electron chi connectivity index (χ3n) is 0.903. The highest BCUT2D eigenvalue weighted by atomic mass is 16.1. The number of nitrogens with one attached hydrogen (secondary N) is 1. The summed E-state index contributed by atoms with van der Waals surface area (Å²) in [6, 6.07) is 1.26.